The Labute approximate surface area is 182 Å². The van der Waals surface area contributed by atoms with E-state index in [0.29, 0.717) is 5.92 Å². The molecule has 2 fully saturated rings. The third kappa shape index (κ3) is 5.24. The summed E-state index contributed by atoms with van der Waals surface area (Å²) >= 11 is 0. The SMILES string of the molecule is CCNC(=NCC1CCN(c2ccc(F)c(F)c2)C1)N1CCN(c2ccccn2)CC1. The number of halogens is 2. The van der Waals surface area contributed by atoms with Gasteiger partial charge in [0.1, 0.15) is 5.82 Å². The number of aromatic nitrogens is 1. The van der Waals surface area contributed by atoms with Gasteiger partial charge in [0.15, 0.2) is 17.6 Å². The van der Waals surface area contributed by atoms with Crippen LogP contribution in [-0.4, -0.2) is 68.2 Å². The van der Waals surface area contributed by atoms with E-state index in [1.165, 1.54) is 12.1 Å². The summed E-state index contributed by atoms with van der Waals surface area (Å²) in [6.07, 6.45) is 2.83. The zero-order valence-corrected chi connectivity index (χ0v) is 18.0. The van der Waals surface area contributed by atoms with E-state index in [2.05, 4.69) is 31.9 Å². The number of rotatable bonds is 5. The summed E-state index contributed by atoms with van der Waals surface area (Å²) in [7, 11) is 0. The van der Waals surface area contributed by atoms with Gasteiger partial charge in [-0.15, -0.1) is 0 Å². The zero-order valence-electron chi connectivity index (χ0n) is 18.0. The number of guanidine groups is 1. The fraction of sp³-hybridized carbons (Fsp3) is 0.478. The van der Waals surface area contributed by atoms with Crippen molar-refractivity contribution in [1.82, 2.24) is 15.2 Å². The average Bonchev–Trinajstić information content (AvgIpc) is 3.28. The van der Waals surface area contributed by atoms with Crippen molar-refractivity contribution in [3.05, 3.63) is 54.2 Å². The highest BCUT2D eigenvalue weighted by molar-refractivity contribution is 5.80. The maximum Gasteiger partial charge on any atom is 0.194 e. The van der Waals surface area contributed by atoms with Crippen LogP contribution in [-0.2, 0) is 0 Å². The highest BCUT2D eigenvalue weighted by Crippen LogP contribution is 2.25. The van der Waals surface area contributed by atoms with Gasteiger partial charge in [0.25, 0.3) is 0 Å². The van der Waals surface area contributed by atoms with E-state index >= 15 is 0 Å². The number of hydrogen-bond donors (Lipinski definition) is 1. The van der Waals surface area contributed by atoms with E-state index in [0.717, 1.165) is 76.2 Å². The molecule has 1 aromatic carbocycles. The number of pyridine rings is 1. The first-order chi connectivity index (χ1) is 15.1. The largest absolute Gasteiger partial charge is 0.371 e. The molecule has 1 N–H and O–H groups in total. The number of piperazine rings is 1. The van der Waals surface area contributed by atoms with Gasteiger partial charge in [-0.2, -0.15) is 0 Å². The molecule has 4 rings (SSSR count). The Bertz CT molecular complexity index is 883. The van der Waals surface area contributed by atoms with E-state index in [4.69, 9.17) is 4.99 Å². The number of nitrogens with one attached hydrogen (secondary N) is 1. The molecule has 0 aliphatic carbocycles. The molecule has 2 aromatic rings. The van der Waals surface area contributed by atoms with Crippen LogP contribution in [0.5, 0.6) is 0 Å². The van der Waals surface area contributed by atoms with E-state index < -0.39 is 11.6 Å². The molecule has 1 atom stereocenters. The summed E-state index contributed by atoms with van der Waals surface area (Å²) in [5.41, 5.74) is 0.739. The molecule has 0 amide bonds. The molecule has 0 spiro atoms. The summed E-state index contributed by atoms with van der Waals surface area (Å²) in [5, 5.41) is 3.42. The number of aliphatic imine (C=N–C) groups is 1. The van der Waals surface area contributed by atoms with Gasteiger partial charge in [0.2, 0.25) is 0 Å². The van der Waals surface area contributed by atoms with Crippen LogP contribution in [0.2, 0.25) is 0 Å². The van der Waals surface area contributed by atoms with Gasteiger partial charge >= 0.3 is 0 Å². The molecular weight excluding hydrogens is 398 g/mol. The summed E-state index contributed by atoms with van der Waals surface area (Å²) in [5.74, 6) is 0.777. The first kappa shape index (κ1) is 21.3. The Morgan fingerprint density at radius 3 is 2.61 bits per heavy atom. The maximum absolute atomic E-state index is 13.6. The van der Waals surface area contributed by atoms with Crippen LogP contribution < -0.4 is 15.1 Å². The third-order valence-electron chi connectivity index (χ3n) is 5.94. The Morgan fingerprint density at radius 2 is 1.90 bits per heavy atom. The molecule has 0 radical (unpaired) electrons. The highest BCUT2D eigenvalue weighted by atomic mass is 19.2. The smallest absolute Gasteiger partial charge is 0.194 e. The predicted octanol–water partition coefficient (Wildman–Crippen LogP) is 2.97. The molecular formula is C23H30F2N6. The van der Waals surface area contributed by atoms with Crippen LogP contribution in [0.3, 0.4) is 0 Å². The van der Waals surface area contributed by atoms with Crippen LogP contribution >= 0.6 is 0 Å². The minimum atomic E-state index is -0.803. The van der Waals surface area contributed by atoms with Crippen molar-refractivity contribution in [3.8, 4) is 0 Å². The molecule has 166 valence electrons. The Kier molecular flexibility index (Phi) is 6.84. The summed E-state index contributed by atoms with van der Waals surface area (Å²) in [6.45, 7) is 8.89. The number of nitrogens with zero attached hydrogens (tertiary/aromatic N) is 5. The van der Waals surface area contributed by atoms with Crippen molar-refractivity contribution in [2.45, 2.75) is 13.3 Å². The predicted molar refractivity (Wildman–Crippen MR) is 121 cm³/mol. The first-order valence-electron chi connectivity index (χ1n) is 11.0. The second kappa shape index (κ2) is 9.94. The molecule has 1 unspecified atom stereocenters. The van der Waals surface area contributed by atoms with Gasteiger partial charge in [-0.3, -0.25) is 4.99 Å². The van der Waals surface area contributed by atoms with Crippen LogP contribution in [0.25, 0.3) is 0 Å². The van der Waals surface area contributed by atoms with Gasteiger partial charge in [-0.25, -0.2) is 13.8 Å². The summed E-state index contributed by atoms with van der Waals surface area (Å²) < 4.78 is 26.8. The van der Waals surface area contributed by atoms with Gasteiger partial charge in [-0.05, 0) is 43.5 Å². The normalized spacial score (nSPS) is 19.8. The maximum atomic E-state index is 13.6. The molecule has 31 heavy (non-hydrogen) atoms. The van der Waals surface area contributed by atoms with Crippen LogP contribution in [0, 0.1) is 17.6 Å². The highest BCUT2D eigenvalue weighted by Gasteiger charge is 2.25. The van der Waals surface area contributed by atoms with Gasteiger partial charge < -0.3 is 20.0 Å². The fourth-order valence-corrected chi connectivity index (χ4v) is 4.23. The van der Waals surface area contributed by atoms with Crippen molar-refractivity contribution in [1.29, 1.82) is 0 Å². The lowest BCUT2D eigenvalue weighted by Gasteiger charge is -2.37. The van der Waals surface area contributed by atoms with Gasteiger partial charge in [0, 0.05) is 70.3 Å². The van der Waals surface area contributed by atoms with E-state index in [9.17, 15) is 8.78 Å². The molecule has 1 aromatic heterocycles. The lowest BCUT2D eigenvalue weighted by molar-refractivity contribution is 0.370. The molecule has 0 saturated carbocycles. The van der Waals surface area contributed by atoms with Crippen molar-refractivity contribution >= 4 is 17.5 Å². The monoisotopic (exact) mass is 428 g/mol. The van der Waals surface area contributed by atoms with Crippen molar-refractivity contribution in [2.75, 3.05) is 62.2 Å². The van der Waals surface area contributed by atoms with Crippen molar-refractivity contribution in [2.24, 2.45) is 10.9 Å². The minimum absolute atomic E-state index is 0.400. The zero-order chi connectivity index (χ0) is 21.6. The molecule has 8 heteroatoms. The topological polar surface area (TPSA) is 47.0 Å². The Balaban J connectivity index is 1.32. The molecule has 0 bridgehead atoms. The minimum Gasteiger partial charge on any atom is -0.371 e. The van der Waals surface area contributed by atoms with Crippen molar-refractivity contribution < 1.29 is 8.78 Å². The van der Waals surface area contributed by atoms with E-state index in [1.54, 1.807) is 6.07 Å². The van der Waals surface area contributed by atoms with Crippen LogP contribution in [0.15, 0.2) is 47.6 Å². The summed E-state index contributed by atoms with van der Waals surface area (Å²) in [6, 6.07) is 10.1. The first-order valence-corrected chi connectivity index (χ1v) is 11.0. The van der Waals surface area contributed by atoms with Crippen LogP contribution in [0.4, 0.5) is 20.3 Å². The van der Waals surface area contributed by atoms with Gasteiger partial charge in [0.05, 0.1) is 0 Å². The second-order valence-electron chi connectivity index (χ2n) is 8.06. The standard InChI is InChI=1S/C23H30F2N6/c1-2-26-23(30-13-11-29(12-14-30)22-5-3-4-9-27-22)28-16-18-8-10-31(17-18)19-6-7-20(24)21(25)15-19/h3-7,9,15,18H,2,8,10-14,16-17H2,1H3,(H,26,28). The lowest BCUT2D eigenvalue weighted by atomic mass is 10.1. The molecule has 2 aliphatic rings. The Morgan fingerprint density at radius 1 is 1.06 bits per heavy atom. The lowest BCUT2D eigenvalue weighted by Crippen LogP contribution is -2.52. The van der Waals surface area contributed by atoms with E-state index in [-0.39, 0.29) is 0 Å². The molecule has 6 nitrogen and oxygen atoms in total. The molecule has 2 aliphatic heterocycles. The van der Waals surface area contributed by atoms with Crippen LogP contribution in [0.1, 0.15) is 13.3 Å². The fourth-order valence-electron chi connectivity index (χ4n) is 4.23. The number of benzene rings is 1. The molecule has 3 heterocycles. The number of hydrogen-bond acceptors (Lipinski definition) is 4. The summed E-state index contributed by atoms with van der Waals surface area (Å²) in [4.78, 5) is 16.1. The number of anilines is 2. The second-order valence-corrected chi connectivity index (χ2v) is 8.06. The quantitative estimate of drug-likeness (QED) is 0.586. The average molecular weight is 429 g/mol. The van der Waals surface area contributed by atoms with Gasteiger partial charge in [-0.1, -0.05) is 6.07 Å². The Hall–Kier alpha value is -2.90. The molecule has 2 saturated heterocycles. The third-order valence-corrected chi connectivity index (χ3v) is 5.94. The van der Waals surface area contributed by atoms with E-state index in [1.807, 2.05) is 24.4 Å². The van der Waals surface area contributed by atoms with Crippen molar-refractivity contribution in [3.63, 3.8) is 0 Å².